The third-order valence-corrected chi connectivity index (χ3v) is 2.16. The molecule has 1 heterocycles. The number of benzene rings is 1. The fraction of sp³-hybridized carbons (Fsp3) is 0.100. The number of hydrogen-bond donors (Lipinski definition) is 2. The molecule has 0 aliphatic heterocycles. The highest BCUT2D eigenvalue weighted by molar-refractivity contribution is 5.89. The Morgan fingerprint density at radius 1 is 1.44 bits per heavy atom. The number of aromatic carboxylic acids is 1. The molecule has 0 atom stereocenters. The predicted octanol–water partition coefficient (Wildman–Crippen LogP) is 1.17. The average molecular weight is 255 g/mol. The zero-order chi connectivity index (χ0) is 13.3. The van der Waals surface area contributed by atoms with E-state index in [1.807, 2.05) is 0 Å². The lowest BCUT2D eigenvalue weighted by Gasteiger charge is -2.01. The summed E-state index contributed by atoms with van der Waals surface area (Å²) in [5.74, 6) is -4.28. The van der Waals surface area contributed by atoms with Crippen molar-refractivity contribution in [3.05, 3.63) is 35.2 Å². The first-order valence-corrected chi connectivity index (χ1v) is 4.78. The lowest BCUT2D eigenvalue weighted by molar-refractivity contribution is 0.0690. The van der Waals surface area contributed by atoms with Crippen LogP contribution in [0.5, 0.6) is 0 Å². The Morgan fingerprint density at radius 2 is 2.17 bits per heavy atom. The quantitative estimate of drug-likeness (QED) is 0.853. The summed E-state index contributed by atoms with van der Waals surface area (Å²) in [7, 11) is 0. The van der Waals surface area contributed by atoms with Crippen LogP contribution in [0.4, 0.5) is 8.78 Å². The summed E-state index contributed by atoms with van der Waals surface area (Å²) in [5, 5.41) is 12.2. The number of hydrogen-bond acceptors (Lipinski definition) is 5. The Morgan fingerprint density at radius 3 is 2.72 bits per heavy atom. The van der Waals surface area contributed by atoms with E-state index in [9.17, 15) is 13.6 Å². The Kier molecular flexibility index (Phi) is 3.02. The fourth-order valence-electron chi connectivity index (χ4n) is 1.33. The van der Waals surface area contributed by atoms with Crippen LogP contribution in [0.1, 0.15) is 16.2 Å². The van der Waals surface area contributed by atoms with Crippen LogP contribution >= 0.6 is 0 Å². The van der Waals surface area contributed by atoms with Crippen molar-refractivity contribution in [2.75, 3.05) is 0 Å². The van der Waals surface area contributed by atoms with Gasteiger partial charge in [-0.15, -0.1) is 0 Å². The first-order valence-electron chi connectivity index (χ1n) is 4.78. The van der Waals surface area contributed by atoms with Crippen molar-refractivity contribution < 1.29 is 23.2 Å². The zero-order valence-electron chi connectivity index (χ0n) is 8.85. The number of nitrogens with two attached hydrogens (primary N) is 1. The molecule has 2 rings (SSSR count). The second-order valence-electron chi connectivity index (χ2n) is 3.34. The van der Waals surface area contributed by atoms with E-state index in [2.05, 4.69) is 14.7 Å². The largest absolute Gasteiger partial charge is 0.478 e. The van der Waals surface area contributed by atoms with Crippen LogP contribution in [0.25, 0.3) is 11.4 Å². The molecule has 0 amide bonds. The minimum absolute atomic E-state index is 0.00486. The molecular formula is C10H7F2N3O3. The smallest absolute Gasteiger partial charge is 0.338 e. The molecule has 1 aromatic heterocycles. The lowest BCUT2D eigenvalue weighted by Crippen LogP contribution is -2.03. The Bertz CT molecular complexity index is 612. The Balaban J connectivity index is 2.55. The van der Waals surface area contributed by atoms with Gasteiger partial charge in [-0.25, -0.2) is 13.6 Å². The molecular weight excluding hydrogens is 248 g/mol. The SMILES string of the molecule is NCc1nc(-c2cc(F)c(F)c(C(=O)O)c2)no1. The lowest BCUT2D eigenvalue weighted by atomic mass is 10.1. The summed E-state index contributed by atoms with van der Waals surface area (Å²) in [4.78, 5) is 14.5. The maximum atomic E-state index is 13.2. The van der Waals surface area contributed by atoms with Crippen LogP contribution in [-0.4, -0.2) is 21.2 Å². The first kappa shape index (κ1) is 12.1. The number of halogens is 2. The van der Waals surface area contributed by atoms with Gasteiger partial charge >= 0.3 is 5.97 Å². The van der Waals surface area contributed by atoms with Crippen molar-refractivity contribution in [3.63, 3.8) is 0 Å². The standard InChI is InChI=1S/C10H7F2N3O3/c11-6-2-4(1-5(8(6)12)10(16)17)9-14-7(3-13)18-15-9/h1-2H,3,13H2,(H,16,17). The topological polar surface area (TPSA) is 102 Å². The van der Waals surface area contributed by atoms with E-state index in [4.69, 9.17) is 10.8 Å². The first-order chi connectivity index (χ1) is 8.52. The van der Waals surface area contributed by atoms with Crippen molar-refractivity contribution in [3.8, 4) is 11.4 Å². The summed E-state index contributed by atoms with van der Waals surface area (Å²) >= 11 is 0. The van der Waals surface area contributed by atoms with Crippen LogP contribution in [0.3, 0.4) is 0 Å². The van der Waals surface area contributed by atoms with Gasteiger partial charge < -0.3 is 15.4 Å². The van der Waals surface area contributed by atoms with Gasteiger partial charge in [-0.1, -0.05) is 5.16 Å². The second kappa shape index (κ2) is 4.49. The summed E-state index contributed by atoms with van der Waals surface area (Å²) in [6.45, 7) is -0.0114. The summed E-state index contributed by atoms with van der Waals surface area (Å²) in [5.41, 5.74) is 4.44. The van der Waals surface area contributed by atoms with Gasteiger partial charge in [0.1, 0.15) is 0 Å². The van der Waals surface area contributed by atoms with Crippen molar-refractivity contribution in [2.45, 2.75) is 6.54 Å². The molecule has 6 nitrogen and oxygen atoms in total. The maximum absolute atomic E-state index is 13.2. The molecule has 0 bridgehead atoms. The highest BCUT2D eigenvalue weighted by Gasteiger charge is 2.19. The van der Waals surface area contributed by atoms with E-state index in [0.29, 0.717) is 0 Å². The van der Waals surface area contributed by atoms with Crippen LogP contribution in [0.15, 0.2) is 16.7 Å². The predicted molar refractivity (Wildman–Crippen MR) is 54.5 cm³/mol. The van der Waals surface area contributed by atoms with E-state index >= 15 is 0 Å². The normalized spacial score (nSPS) is 10.6. The van der Waals surface area contributed by atoms with Crippen LogP contribution in [-0.2, 0) is 6.54 Å². The summed E-state index contributed by atoms with van der Waals surface area (Å²) in [6.07, 6.45) is 0. The van der Waals surface area contributed by atoms with Gasteiger partial charge in [0.2, 0.25) is 11.7 Å². The third-order valence-electron chi connectivity index (χ3n) is 2.16. The average Bonchev–Trinajstić information content (AvgIpc) is 2.80. The van der Waals surface area contributed by atoms with Gasteiger partial charge in [-0.05, 0) is 12.1 Å². The van der Waals surface area contributed by atoms with Gasteiger partial charge in [0.25, 0.3) is 0 Å². The highest BCUT2D eigenvalue weighted by atomic mass is 19.2. The van der Waals surface area contributed by atoms with Crippen molar-refractivity contribution >= 4 is 5.97 Å². The number of carboxylic acid groups (broad SMARTS) is 1. The Hall–Kier alpha value is -2.35. The van der Waals surface area contributed by atoms with Gasteiger partial charge in [0.15, 0.2) is 11.6 Å². The third kappa shape index (κ3) is 2.05. The van der Waals surface area contributed by atoms with Gasteiger partial charge in [0, 0.05) is 5.56 Å². The molecule has 0 saturated carbocycles. The van der Waals surface area contributed by atoms with Gasteiger partial charge in [-0.2, -0.15) is 4.98 Å². The van der Waals surface area contributed by atoms with Gasteiger partial charge in [0.05, 0.1) is 12.1 Å². The van der Waals surface area contributed by atoms with Crippen molar-refractivity contribution in [1.29, 1.82) is 0 Å². The molecule has 0 saturated heterocycles. The fourth-order valence-corrected chi connectivity index (χ4v) is 1.33. The van der Waals surface area contributed by atoms with Gasteiger partial charge in [-0.3, -0.25) is 0 Å². The number of carboxylic acids is 1. The second-order valence-corrected chi connectivity index (χ2v) is 3.34. The zero-order valence-corrected chi connectivity index (χ0v) is 8.85. The molecule has 94 valence electrons. The van der Waals surface area contributed by atoms with Crippen molar-refractivity contribution in [1.82, 2.24) is 10.1 Å². The van der Waals surface area contributed by atoms with Crippen molar-refractivity contribution in [2.24, 2.45) is 5.73 Å². The molecule has 0 aliphatic carbocycles. The van der Waals surface area contributed by atoms with E-state index in [1.54, 1.807) is 0 Å². The number of rotatable bonds is 3. The van der Waals surface area contributed by atoms with E-state index in [-0.39, 0.29) is 23.8 Å². The number of carbonyl (C=O) groups is 1. The summed E-state index contributed by atoms with van der Waals surface area (Å²) in [6, 6.07) is 1.71. The van der Waals surface area contributed by atoms with Crippen LogP contribution in [0.2, 0.25) is 0 Å². The monoisotopic (exact) mass is 255 g/mol. The Labute approximate surface area is 99.0 Å². The highest BCUT2D eigenvalue weighted by Crippen LogP contribution is 2.22. The molecule has 1 aromatic carbocycles. The summed E-state index contributed by atoms with van der Waals surface area (Å²) < 4.78 is 31.1. The van der Waals surface area contributed by atoms with E-state index in [1.165, 1.54) is 0 Å². The molecule has 0 radical (unpaired) electrons. The number of aromatic nitrogens is 2. The molecule has 0 spiro atoms. The van der Waals surface area contributed by atoms with E-state index < -0.39 is 23.2 Å². The number of nitrogens with zero attached hydrogens (tertiary/aromatic N) is 2. The molecule has 3 N–H and O–H groups in total. The molecule has 8 heteroatoms. The molecule has 0 aliphatic rings. The molecule has 2 aromatic rings. The minimum atomic E-state index is -1.59. The van der Waals surface area contributed by atoms with Crippen LogP contribution < -0.4 is 5.73 Å². The van der Waals surface area contributed by atoms with E-state index in [0.717, 1.165) is 12.1 Å². The molecule has 0 unspecified atom stereocenters. The van der Waals surface area contributed by atoms with Crippen LogP contribution in [0, 0.1) is 11.6 Å². The molecule has 0 fully saturated rings. The minimum Gasteiger partial charge on any atom is -0.478 e. The maximum Gasteiger partial charge on any atom is 0.338 e. The molecule has 18 heavy (non-hydrogen) atoms.